The number of fused-ring (bicyclic) bond motifs is 3. The summed E-state index contributed by atoms with van der Waals surface area (Å²) < 4.78 is 25.3. The van der Waals surface area contributed by atoms with E-state index in [1.807, 2.05) is 48.3 Å². The summed E-state index contributed by atoms with van der Waals surface area (Å²) in [6, 6.07) is 17.9. The fourth-order valence-corrected chi connectivity index (χ4v) is 4.33. The van der Waals surface area contributed by atoms with Crippen molar-refractivity contribution in [1.82, 2.24) is 24.6 Å². The molecule has 10 heteroatoms. The normalized spacial score (nSPS) is 11.8. The van der Waals surface area contributed by atoms with Crippen LogP contribution in [-0.4, -0.2) is 46.3 Å². The zero-order valence-electron chi connectivity index (χ0n) is 17.1. The number of halogens is 1. The molecule has 0 amide bonds. The average Bonchev–Trinajstić information content (AvgIpc) is 3.26. The minimum atomic E-state index is -3.26. The molecule has 160 valence electrons. The van der Waals surface area contributed by atoms with E-state index in [0.717, 1.165) is 16.5 Å². The maximum Gasteiger partial charge on any atom is 0.257 e. The van der Waals surface area contributed by atoms with Gasteiger partial charge in [0.25, 0.3) is 5.78 Å². The lowest BCUT2D eigenvalue weighted by molar-refractivity contribution is 0.602. The molecule has 32 heavy (non-hydrogen) atoms. The van der Waals surface area contributed by atoms with Crippen molar-refractivity contribution in [3.05, 3.63) is 72.0 Å². The van der Waals surface area contributed by atoms with Crippen molar-refractivity contribution in [3.63, 3.8) is 0 Å². The molecule has 0 saturated heterocycles. The molecule has 0 unspecified atom stereocenters. The third kappa shape index (κ3) is 3.55. The Kier molecular flexibility index (Phi) is 4.79. The second-order valence-electron chi connectivity index (χ2n) is 7.33. The second-order valence-corrected chi connectivity index (χ2v) is 9.79. The van der Waals surface area contributed by atoms with Crippen LogP contribution in [0, 0.1) is 0 Å². The van der Waals surface area contributed by atoms with Crippen LogP contribution in [0.1, 0.15) is 0 Å². The van der Waals surface area contributed by atoms with Crippen LogP contribution in [0.25, 0.3) is 27.9 Å². The van der Waals surface area contributed by atoms with Gasteiger partial charge in [0.05, 0.1) is 16.1 Å². The van der Waals surface area contributed by atoms with Gasteiger partial charge in [-0.3, -0.25) is 4.40 Å². The fourth-order valence-electron chi connectivity index (χ4n) is 3.53. The third-order valence-corrected chi connectivity index (χ3v) is 6.53. The quantitative estimate of drug-likeness (QED) is 0.394. The minimum absolute atomic E-state index is 0.269. The highest BCUT2D eigenvalue weighted by atomic mass is 35.5. The molecule has 0 saturated carbocycles. The van der Waals surface area contributed by atoms with E-state index in [0.29, 0.717) is 28.1 Å². The molecule has 2 aromatic carbocycles. The molecular weight excluding hydrogens is 448 g/mol. The van der Waals surface area contributed by atoms with E-state index in [1.54, 1.807) is 35.0 Å². The molecule has 0 N–H and O–H groups in total. The monoisotopic (exact) mass is 464 g/mol. The highest BCUT2D eigenvalue weighted by Crippen LogP contribution is 2.31. The summed E-state index contributed by atoms with van der Waals surface area (Å²) in [5, 5.41) is 9.52. The molecule has 0 aliphatic heterocycles. The number of benzene rings is 2. The Morgan fingerprint density at radius 3 is 2.53 bits per heavy atom. The van der Waals surface area contributed by atoms with Crippen molar-refractivity contribution in [1.29, 1.82) is 0 Å². The van der Waals surface area contributed by atoms with Crippen molar-refractivity contribution >= 4 is 49.8 Å². The summed E-state index contributed by atoms with van der Waals surface area (Å²) in [6.45, 7) is 0. The van der Waals surface area contributed by atoms with E-state index >= 15 is 0 Å². The molecule has 0 spiro atoms. The Hall–Kier alpha value is -3.56. The highest BCUT2D eigenvalue weighted by Gasteiger charge is 2.16. The molecule has 0 aliphatic rings. The lowest BCUT2D eigenvalue weighted by Gasteiger charge is -2.20. The number of rotatable bonds is 4. The molecule has 0 aliphatic carbocycles. The standard InChI is InChI=1S/C22H17ClN6O2S/c1-28(21-17-11-8-15(23)12-19(17)29-13-24-27-22(29)26-21)20-5-3-4-18(25-20)14-6-9-16(10-7-14)32(2,30)31/h3-13H,1-2H3. The van der Waals surface area contributed by atoms with Crippen LogP contribution in [0.15, 0.2) is 71.9 Å². The topological polar surface area (TPSA) is 93.4 Å². The predicted octanol–water partition coefficient (Wildman–Crippen LogP) is 4.16. The summed E-state index contributed by atoms with van der Waals surface area (Å²) in [6.07, 6.45) is 2.79. The number of pyridine rings is 1. The van der Waals surface area contributed by atoms with E-state index in [2.05, 4.69) is 15.2 Å². The van der Waals surface area contributed by atoms with Gasteiger partial charge in [0.15, 0.2) is 9.84 Å². The van der Waals surface area contributed by atoms with E-state index in [1.165, 1.54) is 6.26 Å². The van der Waals surface area contributed by atoms with E-state index in [-0.39, 0.29) is 4.90 Å². The first-order chi connectivity index (χ1) is 15.3. The van der Waals surface area contributed by atoms with Crippen LogP contribution >= 0.6 is 11.6 Å². The Morgan fingerprint density at radius 2 is 1.78 bits per heavy atom. The predicted molar refractivity (Wildman–Crippen MR) is 124 cm³/mol. The van der Waals surface area contributed by atoms with Crippen molar-refractivity contribution in [3.8, 4) is 11.3 Å². The molecule has 0 bridgehead atoms. The zero-order chi connectivity index (χ0) is 22.5. The lowest BCUT2D eigenvalue weighted by atomic mass is 10.1. The van der Waals surface area contributed by atoms with Gasteiger partial charge in [-0.1, -0.05) is 29.8 Å². The van der Waals surface area contributed by atoms with E-state index < -0.39 is 9.84 Å². The highest BCUT2D eigenvalue weighted by molar-refractivity contribution is 7.90. The zero-order valence-corrected chi connectivity index (χ0v) is 18.7. The maximum atomic E-state index is 11.7. The number of anilines is 2. The van der Waals surface area contributed by atoms with Gasteiger partial charge in [-0.15, -0.1) is 10.2 Å². The van der Waals surface area contributed by atoms with Crippen LogP contribution < -0.4 is 4.90 Å². The molecule has 3 aromatic heterocycles. The second kappa shape index (κ2) is 7.54. The lowest BCUT2D eigenvalue weighted by Crippen LogP contribution is -2.14. The number of sulfone groups is 1. The van der Waals surface area contributed by atoms with Crippen molar-refractivity contribution in [2.75, 3.05) is 18.2 Å². The van der Waals surface area contributed by atoms with Crippen LogP contribution in [0.2, 0.25) is 5.02 Å². The number of hydrogen-bond acceptors (Lipinski definition) is 7. The average molecular weight is 465 g/mol. The molecule has 8 nitrogen and oxygen atoms in total. The fraction of sp³-hybridized carbons (Fsp3) is 0.0909. The van der Waals surface area contributed by atoms with Gasteiger partial charge in [0.2, 0.25) is 0 Å². The van der Waals surface area contributed by atoms with Crippen LogP contribution in [-0.2, 0) is 9.84 Å². The molecule has 5 rings (SSSR count). The third-order valence-electron chi connectivity index (χ3n) is 5.17. The Labute approximate surface area is 189 Å². The molecule has 5 aromatic rings. The molecule has 0 atom stereocenters. The van der Waals surface area contributed by atoms with Gasteiger partial charge in [-0.05, 0) is 42.5 Å². The first kappa shape index (κ1) is 20.3. The summed E-state index contributed by atoms with van der Waals surface area (Å²) in [5.41, 5.74) is 2.36. The van der Waals surface area contributed by atoms with Crippen LogP contribution in [0.3, 0.4) is 0 Å². The van der Waals surface area contributed by atoms with Crippen molar-refractivity contribution in [2.45, 2.75) is 4.90 Å². The SMILES string of the molecule is CN(c1cccc(-c2ccc(S(C)(=O)=O)cc2)n1)c1nc2nncn2c2cc(Cl)ccc12. The Bertz CT molecular complexity index is 1580. The van der Waals surface area contributed by atoms with Gasteiger partial charge in [0, 0.05) is 29.3 Å². The summed E-state index contributed by atoms with van der Waals surface area (Å²) in [5.74, 6) is 1.78. The molecule has 3 heterocycles. The van der Waals surface area contributed by atoms with Crippen LogP contribution in [0.5, 0.6) is 0 Å². The van der Waals surface area contributed by atoms with Gasteiger partial charge in [-0.2, -0.15) is 4.98 Å². The first-order valence-electron chi connectivity index (χ1n) is 9.61. The summed E-state index contributed by atoms with van der Waals surface area (Å²) >= 11 is 6.22. The van der Waals surface area contributed by atoms with Crippen molar-refractivity contribution in [2.24, 2.45) is 0 Å². The number of hydrogen-bond donors (Lipinski definition) is 0. The Morgan fingerprint density at radius 1 is 1.00 bits per heavy atom. The van der Waals surface area contributed by atoms with Gasteiger partial charge in [0.1, 0.15) is 18.0 Å². The van der Waals surface area contributed by atoms with E-state index in [9.17, 15) is 8.42 Å². The maximum absolute atomic E-state index is 11.7. The van der Waals surface area contributed by atoms with Gasteiger partial charge < -0.3 is 4.90 Å². The van der Waals surface area contributed by atoms with E-state index in [4.69, 9.17) is 16.6 Å². The number of nitrogens with zero attached hydrogens (tertiary/aromatic N) is 6. The first-order valence-corrected chi connectivity index (χ1v) is 11.9. The summed E-state index contributed by atoms with van der Waals surface area (Å²) in [4.78, 5) is 11.6. The molecular formula is C22H17ClN6O2S. The van der Waals surface area contributed by atoms with Crippen LogP contribution in [0.4, 0.5) is 11.6 Å². The Balaban J connectivity index is 1.60. The smallest absolute Gasteiger partial charge is 0.257 e. The summed E-state index contributed by atoms with van der Waals surface area (Å²) in [7, 11) is -1.38. The van der Waals surface area contributed by atoms with Gasteiger partial charge >= 0.3 is 0 Å². The minimum Gasteiger partial charge on any atom is -0.313 e. The van der Waals surface area contributed by atoms with Gasteiger partial charge in [-0.25, -0.2) is 13.4 Å². The molecule has 0 radical (unpaired) electrons. The molecule has 0 fully saturated rings. The van der Waals surface area contributed by atoms with Crippen molar-refractivity contribution < 1.29 is 8.42 Å². The number of aromatic nitrogens is 5. The largest absolute Gasteiger partial charge is 0.313 e.